The average molecular weight is 592 g/mol. The van der Waals surface area contributed by atoms with Crippen molar-refractivity contribution in [2.24, 2.45) is 0 Å². The molecule has 0 bridgehead atoms. The van der Waals surface area contributed by atoms with Crippen molar-refractivity contribution in [2.45, 2.75) is 53.3 Å². The van der Waals surface area contributed by atoms with Gasteiger partial charge in [0.05, 0.1) is 10.9 Å². The van der Waals surface area contributed by atoms with E-state index in [1.54, 1.807) is 12.1 Å². The van der Waals surface area contributed by atoms with Gasteiger partial charge in [-0.25, -0.2) is 4.79 Å². The standard InChI is InChI=1S/C34H30F3O4S/c1-24-20-30(42(28-14-5-3-6-15-28)29-16-7-4-8-17-29)21-25(2)32(24)39-23-31(38)41-33(18-9-10-19-33)26-12-11-13-27(22-26)40-34(35,36)37/h3-9,11-18,20-22H,10,19,23H2,1-2H3/q+1. The molecule has 8 heteroatoms. The second kappa shape index (κ2) is 12.4. The largest absolute Gasteiger partial charge is 0.573 e. The van der Waals surface area contributed by atoms with Gasteiger partial charge in [0.25, 0.3) is 0 Å². The zero-order valence-corrected chi connectivity index (χ0v) is 24.0. The van der Waals surface area contributed by atoms with Crippen LogP contribution in [-0.4, -0.2) is 18.9 Å². The van der Waals surface area contributed by atoms with Gasteiger partial charge in [0.2, 0.25) is 0 Å². The Labute approximate surface area is 246 Å². The third kappa shape index (κ3) is 6.82. The molecule has 0 spiro atoms. The quantitative estimate of drug-likeness (QED) is 0.111. The molecule has 0 aromatic heterocycles. The molecule has 0 saturated heterocycles. The predicted molar refractivity (Wildman–Crippen MR) is 156 cm³/mol. The van der Waals surface area contributed by atoms with Gasteiger partial charge in [-0.1, -0.05) is 54.6 Å². The average Bonchev–Trinajstić information content (AvgIpc) is 3.43. The van der Waals surface area contributed by atoms with E-state index in [1.165, 1.54) is 28.0 Å². The Bertz CT molecular complexity index is 1510. The van der Waals surface area contributed by atoms with Crippen LogP contribution in [0.1, 0.15) is 29.5 Å². The molecule has 0 aliphatic heterocycles. The lowest BCUT2D eigenvalue weighted by Crippen LogP contribution is -2.31. The number of carbonyl (C=O) groups excluding carboxylic acids is 1. The highest BCUT2D eigenvalue weighted by atomic mass is 32.2. The normalized spacial score (nSPS) is 16.4. The van der Waals surface area contributed by atoms with Crippen LogP contribution in [0.4, 0.5) is 13.2 Å². The Hall–Kier alpha value is -4.17. The molecule has 0 radical (unpaired) electrons. The number of carbonyl (C=O) groups is 1. The van der Waals surface area contributed by atoms with Gasteiger partial charge in [0.15, 0.2) is 26.9 Å². The number of aryl methyl sites for hydroxylation is 2. The number of ether oxygens (including phenoxy) is 3. The van der Waals surface area contributed by atoms with Crippen molar-refractivity contribution in [3.8, 4) is 11.5 Å². The number of hydrogen-bond donors (Lipinski definition) is 0. The molecule has 1 unspecified atom stereocenters. The lowest BCUT2D eigenvalue weighted by atomic mass is 9.93. The van der Waals surface area contributed by atoms with Crippen molar-refractivity contribution < 1.29 is 32.2 Å². The summed E-state index contributed by atoms with van der Waals surface area (Å²) in [6.07, 6.45) is -0.257. The number of esters is 1. The van der Waals surface area contributed by atoms with Crippen molar-refractivity contribution in [1.29, 1.82) is 0 Å². The zero-order chi connectivity index (χ0) is 29.7. The molecule has 0 N–H and O–H groups in total. The maximum Gasteiger partial charge on any atom is 0.573 e. The van der Waals surface area contributed by atoms with Crippen LogP contribution < -0.4 is 9.47 Å². The van der Waals surface area contributed by atoms with E-state index in [2.05, 4.69) is 41.1 Å². The summed E-state index contributed by atoms with van der Waals surface area (Å²) in [4.78, 5) is 16.6. The van der Waals surface area contributed by atoms with E-state index in [9.17, 15) is 18.0 Å². The van der Waals surface area contributed by atoms with Crippen molar-refractivity contribution >= 4 is 16.9 Å². The summed E-state index contributed by atoms with van der Waals surface area (Å²) in [5, 5.41) is 0. The molecule has 0 amide bonds. The highest BCUT2D eigenvalue weighted by molar-refractivity contribution is 7.97. The predicted octanol–water partition coefficient (Wildman–Crippen LogP) is 8.46. The molecule has 1 aliphatic rings. The van der Waals surface area contributed by atoms with E-state index in [0.29, 0.717) is 24.2 Å². The number of halogens is 3. The molecule has 5 rings (SSSR count). The number of benzene rings is 4. The minimum atomic E-state index is -4.82. The highest BCUT2D eigenvalue weighted by Crippen LogP contribution is 2.40. The van der Waals surface area contributed by atoms with E-state index >= 15 is 0 Å². The monoisotopic (exact) mass is 591 g/mol. The molecular weight excluding hydrogens is 561 g/mol. The molecule has 0 fully saturated rings. The molecule has 1 aliphatic carbocycles. The van der Waals surface area contributed by atoms with E-state index < -0.39 is 17.9 Å². The SMILES string of the molecule is Cc1cc([S+](c2ccccc2)c2ccccc2)cc(C)c1OCC(=O)OC1(c2cccc(OC(F)(F)F)c2)C=CCC1. The lowest BCUT2D eigenvalue weighted by Gasteiger charge is -2.28. The van der Waals surface area contributed by atoms with Gasteiger partial charge < -0.3 is 14.2 Å². The first-order valence-corrected chi connectivity index (χ1v) is 14.7. The first-order chi connectivity index (χ1) is 20.1. The van der Waals surface area contributed by atoms with Crippen LogP contribution in [0.5, 0.6) is 11.5 Å². The number of alkyl halides is 3. The molecule has 4 aromatic rings. The van der Waals surface area contributed by atoms with Gasteiger partial charge >= 0.3 is 12.3 Å². The minimum absolute atomic E-state index is 0.330. The van der Waals surface area contributed by atoms with Gasteiger partial charge in [0, 0.05) is 17.7 Å². The molecular formula is C34H30F3O4S+. The highest BCUT2D eigenvalue weighted by Gasteiger charge is 2.38. The summed E-state index contributed by atoms with van der Waals surface area (Å²) >= 11 is 0. The van der Waals surface area contributed by atoms with Gasteiger partial charge in [-0.15, -0.1) is 13.2 Å². The summed E-state index contributed by atoms with van der Waals surface area (Å²) in [5.74, 6) is -0.403. The third-order valence-electron chi connectivity index (χ3n) is 6.88. The zero-order valence-electron chi connectivity index (χ0n) is 23.2. The van der Waals surface area contributed by atoms with Crippen LogP contribution in [0, 0.1) is 13.8 Å². The number of allylic oxidation sites excluding steroid dienone is 1. The molecule has 4 aromatic carbocycles. The van der Waals surface area contributed by atoms with E-state index in [1.807, 2.05) is 56.3 Å². The Morgan fingerprint density at radius 3 is 2.00 bits per heavy atom. The number of hydrogen-bond acceptors (Lipinski definition) is 4. The van der Waals surface area contributed by atoms with Crippen molar-refractivity contribution in [3.63, 3.8) is 0 Å². The minimum Gasteiger partial charge on any atom is -0.481 e. The van der Waals surface area contributed by atoms with Crippen LogP contribution in [-0.2, 0) is 26.0 Å². The van der Waals surface area contributed by atoms with Crippen LogP contribution in [0.15, 0.2) is 124 Å². The molecule has 4 nitrogen and oxygen atoms in total. The van der Waals surface area contributed by atoms with Crippen LogP contribution in [0.25, 0.3) is 0 Å². The Balaban J connectivity index is 1.34. The number of rotatable bonds is 9. The fourth-order valence-electron chi connectivity index (χ4n) is 5.14. The first kappa shape index (κ1) is 29.3. The van der Waals surface area contributed by atoms with Crippen molar-refractivity contribution in [2.75, 3.05) is 6.61 Å². The maximum absolute atomic E-state index is 13.0. The Morgan fingerprint density at radius 1 is 0.833 bits per heavy atom. The van der Waals surface area contributed by atoms with E-state index in [-0.39, 0.29) is 23.3 Å². The van der Waals surface area contributed by atoms with Gasteiger partial charge in [-0.05, 0) is 80.3 Å². The smallest absolute Gasteiger partial charge is 0.481 e. The molecule has 0 heterocycles. The van der Waals surface area contributed by atoms with E-state index in [0.717, 1.165) is 16.0 Å². The molecule has 0 saturated carbocycles. The summed E-state index contributed by atoms with van der Waals surface area (Å²) in [5.41, 5.74) is 0.972. The Morgan fingerprint density at radius 2 is 1.45 bits per heavy atom. The Kier molecular flexibility index (Phi) is 8.64. The molecule has 216 valence electrons. The second-order valence-electron chi connectivity index (χ2n) is 9.99. The summed E-state index contributed by atoms with van der Waals surface area (Å²) in [6, 6.07) is 30.3. The van der Waals surface area contributed by atoms with Gasteiger partial charge in [-0.2, -0.15) is 0 Å². The van der Waals surface area contributed by atoms with Gasteiger partial charge in [0.1, 0.15) is 11.5 Å². The third-order valence-corrected chi connectivity index (χ3v) is 9.08. The van der Waals surface area contributed by atoms with Crippen LogP contribution >= 0.6 is 0 Å². The van der Waals surface area contributed by atoms with E-state index in [4.69, 9.17) is 9.47 Å². The fraction of sp³-hybridized carbons (Fsp3) is 0.206. The summed E-state index contributed by atoms with van der Waals surface area (Å²) in [6.45, 7) is 3.54. The lowest BCUT2D eigenvalue weighted by molar-refractivity contribution is -0.274. The fourth-order valence-corrected chi connectivity index (χ4v) is 7.40. The first-order valence-electron chi connectivity index (χ1n) is 13.5. The van der Waals surface area contributed by atoms with Crippen molar-refractivity contribution in [1.82, 2.24) is 0 Å². The summed E-state index contributed by atoms with van der Waals surface area (Å²) < 4.78 is 54.3. The molecule has 42 heavy (non-hydrogen) atoms. The van der Waals surface area contributed by atoms with Crippen LogP contribution in [0.3, 0.4) is 0 Å². The van der Waals surface area contributed by atoms with Gasteiger partial charge in [-0.3, -0.25) is 0 Å². The second-order valence-corrected chi connectivity index (χ2v) is 12.0. The van der Waals surface area contributed by atoms with Crippen LogP contribution in [0.2, 0.25) is 0 Å². The molecule has 1 atom stereocenters. The van der Waals surface area contributed by atoms with Crippen molar-refractivity contribution in [3.05, 3.63) is 126 Å². The topological polar surface area (TPSA) is 44.8 Å². The maximum atomic E-state index is 13.0. The summed E-state index contributed by atoms with van der Waals surface area (Å²) in [7, 11) is -0.330.